The van der Waals surface area contributed by atoms with Crippen molar-refractivity contribution >= 4 is 45.3 Å². The number of nitrogens with two attached hydrogens (primary N) is 1. The number of aromatic nitrogens is 4. The molecule has 0 radical (unpaired) electrons. The predicted octanol–water partition coefficient (Wildman–Crippen LogP) is 4.30. The van der Waals surface area contributed by atoms with Crippen LogP contribution in [0.4, 0.5) is 16.1 Å². The van der Waals surface area contributed by atoms with Crippen LogP contribution in [0, 0.1) is 0 Å². The summed E-state index contributed by atoms with van der Waals surface area (Å²) in [7, 11) is 2.84. The zero-order valence-electron chi connectivity index (χ0n) is 21.6. The molecule has 0 fully saturated rings. The number of rotatable bonds is 3. The third-order valence-corrected chi connectivity index (χ3v) is 6.33. The highest BCUT2D eigenvalue weighted by Gasteiger charge is 2.16. The summed E-state index contributed by atoms with van der Waals surface area (Å²) in [6.07, 6.45) is 4.35. The number of carbonyl (C=O) groups excluding carboxylic acids is 2. The van der Waals surface area contributed by atoms with Crippen molar-refractivity contribution in [3.8, 4) is 16.9 Å². The molecule has 2 aromatic carbocycles. The molecule has 0 bridgehead atoms. The van der Waals surface area contributed by atoms with E-state index in [0.717, 1.165) is 42.5 Å². The minimum atomic E-state index is -0.709. The summed E-state index contributed by atoms with van der Waals surface area (Å²) in [5.41, 5.74) is 10.9. The molecular weight excluding hydrogens is 501 g/mol. The maximum absolute atomic E-state index is 13.0. The van der Waals surface area contributed by atoms with Gasteiger partial charge in [-0.3, -0.25) is 14.3 Å². The van der Waals surface area contributed by atoms with Crippen LogP contribution < -0.4 is 15.8 Å². The highest BCUT2D eigenvalue weighted by molar-refractivity contribution is 6.10. The standard InChI is InChI=1S/C15H14N2O2.C13H12FN5O/c1-10(18)17-15-5-4-13(9-16-15)12-3-2-11-6-7-19-14(11)8-12;1-18(14)13(20)7-3-4-10-8(5-7)11-9(12(15)17-10)6-16-19(11)2/h2-5,8-9H,6-7H2,1H3,(H,16,17,18);3-6H,1-2H3,(H2,15,17). The maximum Gasteiger partial charge on any atom is 0.281 e. The number of nitrogen functional groups attached to an aromatic ring is 1. The van der Waals surface area contributed by atoms with Gasteiger partial charge in [0.1, 0.15) is 17.4 Å². The van der Waals surface area contributed by atoms with Crippen LogP contribution in [-0.2, 0) is 18.3 Å². The third-order valence-electron chi connectivity index (χ3n) is 6.33. The average Bonchev–Trinajstić information content (AvgIpc) is 3.55. The van der Waals surface area contributed by atoms with E-state index in [0.29, 0.717) is 27.9 Å². The Hall–Kier alpha value is -5.06. The van der Waals surface area contributed by atoms with Crippen LogP contribution in [-0.4, -0.2) is 50.3 Å². The fourth-order valence-electron chi connectivity index (χ4n) is 4.43. The predicted molar refractivity (Wildman–Crippen MR) is 147 cm³/mol. The number of benzene rings is 2. The van der Waals surface area contributed by atoms with E-state index in [1.165, 1.54) is 18.6 Å². The molecule has 0 saturated carbocycles. The normalized spacial score (nSPS) is 11.9. The molecule has 0 saturated heterocycles. The molecule has 3 aromatic heterocycles. The van der Waals surface area contributed by atoms with Gasteiger partial charge in [-0.05, 0) is 47.5 Å². The van der Waals surface area contributed by atoms with Crippen LogP contribution in [0.25, 0.3) is 32.9 Å². The van der Waals surface area contributed by atoms with Crippen molar-refractivity contribution in [2.24, 2.45) is 7.05 Å². The van der Waals surface area contributed by atoms with Crippen LogP contribution in [0.2, 0.25) is 0 Å². The lowest BCUT2D eigenvalue weighted by Gasteiger charge is -2.08. The Morgan fingerprint density at radius 3 is 2.59 bits per heavy atom. The number of nitrogens with zero attached hydrogens (tertiary/aromatic N) is 5. The summed E-state index contributed by atoms with van der Waals surface area (Å²) >= 11 is 0. The van der Waals surface area contributed by atoms with Gasteiger partial charge in [-0.25, -0.2) is 9.97 Å². The SMILES string of the molecule is CC(=O)Nc1ccc(-c2ccc3c(c2)OCC3)cn1.CN(F)C(=O)c1ccc2nc(N)c3cnn(C)c3c2c1. The second-order valence-electron chi connectivity index (χ2n) is 9.08. The molecule has 3 N–H and O–H groups in total. The summed E-state index contributed by atoms with van der Waals surface area (Å²) in [6.45, 7) is 2.23. The summed E-state index contributed by atoms with van der Waals surface area (Å²) in [5.74, 6) is 1.07. The Morgan fingerprint density at radius 2 is 1.87 bits per heavy atom. The van der Waals surface area contributed by atoms with Gasteiger partial charge in [0.25, 0.3) is 5.91 Å². The fourth-order valence-corrected chi connectivity index (χ4v) is 4.43. The van der Waals surface area contributed by atoms with Gasteiger partial charge in [-0.1, -0.05) is 16.6 Å². The quantitative estimate of drug-likeness (QED) is 0.335. The maximum atomic E-state index is 13.0. The monoisotopic (exact) mass is 527 g/mol. The lowest BCUT2D eigenvalue weighted by atomic mass is 10.0. The van der Waals surface area contributed by atoms with Gasteiger partial charge >= 0.3 is 0 Å². The van der Waals surface area contributed by atoms with E-state index in [-0.39, 0.29) is 16.6 Å². The Labute approximate surface area is 223 Å². The molecule has 6 rings (SSSR count). The van der Waals surface area contributed by atoms with Gasteiger partial charge in [0.15, 0.2) is 0 Å². The first-order valence-corrected chi connectivity index (χ1v) is 12.2. The molecule has 2 amide bonds. The van der Waals surface area contributed by atoms with Crippen LogP contribution in [0.1, 0.15) is 22.8 Å². The molecule has 198 valence electrons. The first-order chi connectivity index (χ1) is 18.7. The van der Waals surface area contributed by atoms with Gasteiger partial charge in [0.05, 0.1) is 29.2 Å². The van der Waals surface area contributed by atoms with E-state index < -0.39 is 5.91 Å². The largest absolute Gasteiger partial charge is 0.493 e. The number of aryl methyl sites for hydroxylation is 1. The van der Waals surface area contributed by atoms with E-state index in [4.69, 9.17) is 10.5 Å². The first-order valence-electron chi connectivity index (χ1n) is 12.2. The number of ether oxygens (including phenoxy) is 1. The van der Waals surface area contributed by atoms with Gasteiger partial charge in [0.2, 0.25) is 5.91 Å². The van der Waals surface area contributed by atoms with E-state index in [1.54, 1.807) is 42.3 Å². The number of hydrogen-bond donors (Lipinski definition) is 2. The zero-order valence-corrected chi connectivity index (χ0v) is 21.6. The van der Waals surface area contributed by atoms with Crippen molar-refractivity contribution in [3.63, 3.8) is 0 Å². The second-order valence-corrected chi connectivity index (χ2v) is 9.08. The van der Waals surface area contributed by atoms with Gasteiger partial charge in [-0.2, -0.15) is 10.2 Å². The van der Waals surface area contributed by atoms with Crippen molar-refractivity contribution in [1.82, 2.24) is 24.9 Å². The Kier molecular flexibility index (Phi) is 6.80. The van der Waals surface area contributed by atoms with Crippen molar-refractivity contribution in [2.75, 3.05) is 24.7 Å². The number of halogens is 1. The zero-order chi connectivity index (χ0) is 27.7. The molecule has 11 heteroatoms. The van der Waals surface area contributed by atoms with Crippen LogP contribution >= 0.6 is 0 Å². The lowest BCUT2D eigenvalue weighted by Crippen LogP contribution is -2.17. The van der Waals surface area contributed by atoms with Gasteiger partial charge < -0.3 is 15.8 Å². The highest BCUT2D eigenvalue weighted by Crippen LogP contribution is 2.31. The van der Waals surface area contributed by atoms with Crippen molar-refractivity contribution in [2.45, 2.75) is 13.3 Å². The summed E-state index contributed by atoms with van der Waals surface area (Å²) in [4.78, 5) is 31.1. The average molecular weight is 528 g/mol. The number of amides is 2. The molecule has 5 aromatic rings. The van der Waals surface area contributed by atoms with Crippen LogP contribution in [0.3, 0.4) is 0 Å². The van der Waals surface area contributed by atoms with Crippen molar-refractivity contribution in [1.29, 1.82) is 0 Å². The second kappa shape index (κ2) is 10.4. The minimum absolute atomic E-state index is 0.0480. The smallest absolute Gasteiger partial charge is 0.281 e. The molecule has 1 aliphatic heterocycles. The van der Waals surface area contributed by atoms with E-state index in [1.807, 2.05) is 12.1 Å². The number of nitrogens with one attached hydrogen (secondary N) is 1. The van der Waals surface area contributed by atoms with E-state index >= 15 is 0 Å². The van der Waals surface area contributed by atoms with Crippen molar-refractivity contribution < 1.29 is 18.8 Å². The van der Waals surface area contributed by atoms with E-state index in [9.17, 15) is 14.1 Å². The van der Waals surface area contributed by atoms with Gasteiger partial charge in [0, 0.05) is 50.1 Å². The summed E-state index contributed by atoms with van der Waals surface area (Å²) in [5, 5.41) is 8.26. The number of pyridine rings is 2. The van der Waals surface area contributed by atoms with Crippen LogP contribution in [0.5, 0.6) is 5.75 Å². The third kappa shape index (κ3) is 5.19. The Balaban J connectivity index is 0.000000158. The minimum Gasteiger partial charge on any atom is -0.493 e. The topological polar surface area (TPSA) is 128 Å². The summed E-state index contributed by atoms with van der Waals surface area (Å²) < 4.78 is 20.2. The molecule has 4 heterocycles. The van der Waals surface area contributed by atoms with Gasteiger partial charge in [-0.15, -0.1) is 0 Å². The molecule has 0 spiro atoms. The molecule has 1 aliphatic rings. The summed E-state index contributed by atoms with van der Waals surface area (Å²) in [6, 6.07) is 14.7. The molecule has 0 unspecified atom stereocenters. The Bertz CT molecular complexity index is 1710. The molecular formula is C28H26FN7O3. The number of carbonyl (C=O) groups is 2. The fraction of sp³-hybridized carbons (Fsp3) is 0.179. The number of hydrogen-bond acceptors (Lipinski definition) is 7. The Morgan fingerprint density at radius 1 is 1.08 bits per heavy atom. The number of anilines is 2. The molecule has 39 heavy (non-hydrogen) atoms. The van der Waals surface area contributed by atoms with E-state index in [2.05, 4.69) is 32.5 Å². The molecule has 0 aliphatic carbocycles. The van der Waals surface area contributed by atoms with Crippen LogP contribution in [0.15, 0.2) is 60.9 Å². The molecule has 0 atom stereocenters. The van der Waals surface area contributed by atoms with Crippen molar-refractivity contribution in [3.05, 3.63) is 72.1 Å². The first kappa shape index (κ1) is 25.6. The molecule has 10 nitrogen and oxygen atoms in total. The highest BCUT2D eigenvalue weighted by atomic mass is 19.2. The number of fused-ring (bicyclic) bond motifs is 4. The lowest BCUT2D eigenvalue weighted by molar-refractivity contribution is -0.114.